The van der Waals surface area contributed by atoms with E-state index in [0.29, 0.717) is 34.7 Å². The van der Waals surface area contributed by atoms with E-state index in [-0.39, 0.29) is 18.6 Å². The predicted octanol–water partition coefficient (Wildman–Crippen LogP) is 2.86. The van der Waals surface area contributed by atoms with E-state index in [0.717, 1.165) is 24.8 Å². The summed E-state index contributed by atoms with van der Waals surface area (Å²) in [6.07, 6.45) is 2.93. The lowest BCUT2D eigenvalue weighted by Crippen LogP contribution is -2.43. The van der Waals surface area contributed by atoms with E-state index in [1.54, 1.807) is 5.38 Å². The molecule has 5 rings (SSSR count). The Morgan fingerprint density at radius 1 is 1.22 bits per heavy atom. The number of fused-ring (bicyclic) bond motifs is 2. The largest absolute Gasteiger partial charge is 0.480 e. The molecule has 1 aliphatic carbocycles. The van der Waals surface area contributed by atoms with Crippen molar-refractivity contribution >= 4 is 23.2 Å². The summed E-state index contributed by atoms with van der Waals surface area (Å²) >= 11 is 1.36. The molecule has 1 saturated heterocycles. The molecule has 3 aliphatic rings. The molecule has 8 heteroatoms. The van der Waals surface area contributed by atoms with Crippen LogP contribution < -0.4 is 9.47 Å². The SMILES string of the molecule is O=C(O)C1C2CCCC2CN1C(=O)c1csc(-c2ccc3c(c2)OCO3)n1. The average Bonchev–Trinajstić information content (AvgIpc) is 3.42. The van der Waals surface area contributed by atoms with E-state index in [1.807, 2.05) is 18.2 Å². The number of carbonyl (C=O) groups excluding carboxylic acids is 1. The summed E-state index contributed by atoms with van der Waals surface area (Å²) < 4.78 is 10.7. The van der Waals surface area contributed by atoms with E-state index >= 15 is 0 Å². The minimum absolute atomic E-state index is 0.0680. The molecule has 7 nitrogen and oxygen atoms in total. The highest BCUT2D eigenvalue weighted by atomic mass is 32.1. The van der Waals surface area contributed by atoms with Gasteiger partial charge in [-0.1, -0.05) is 6.42 Å². The molecule has 3 atom stereocenters. The number of amides is 1. The molecule has 1 N–H and O–H groups in total. The first-order chi connectivity index (χ1) is 13.1. The Bertz CT molecular complexity index is 927. The molecule has 140 valence electrons. The normalized spacial score (nSPS) is 25.6. The van der Waals surface area contributed by atoms with Gasteiger partial charge < -0.3 is 19.5 Å². The van der Waals surface area contributed by atoms with Crippen molar-refractivity contribution in [3.05, 3.63) is 29.3 Å². The van der Waals surface area contributed by atoms with Gasteiger partial charge in [0.1, 0.15) is 16.7 Å². The molecular weight excluding hydrogens is 368 g/mol. The van der Waals surface area contributed by atoms with Crippen LogP contribution in [0.25, 0.3) is 10.6 Å². The fourth-order valence-corrected chi connectivity index (χ4v) is 5.30. The first-order valence-electron chi connectivity index (χ1n) is 9.01. The number of carboxylic acids is 1. The summed E-state index contributed by atoms with van der Waals surface area (Å²) in [6.45, 7) is 0.714. The van der Waals surface area contributed by atoms with Crippen LogP contribution in [0.4, 0.5) is 0 Å². The van der Waals surface area contributed by atoms with Crippen molar-refractivity contribution in [3.8, 4) is 22.1 Å². The van der Waals surface area contributed by atoms with Gasteiger partial charge in [0, 0.05) is 17.5 Å². The van der Waals surface area contributed by atoms with Gasteiger partial charge in [-0.15, -0.1) is 11.3 Å². The third-order valence-corrected chi connectivity index (χ3v) is 6.64. The van der Waals surface area contributed by atoms with E-state index in [9.17, 15) is 14.7 Å². The summed E-state index contributed by atoms with van der Waals surface area (Å²) in [5.41, 5.74) is 1.15. The van der Waals surface area contributed by atoms with Crippen molar-refractivity contribution in [3.63, 3.8) is 0 Å². The van der Waals surface area contributed by atoms with Crippen molar-refractivity contribution in [1.82, 2.24) is 9.88 Å². The molecular formula is C19H18N2O5S. The number of carboxylic acid groups (broad SMARTS) is 1. The van der Waals surface area contributed by atoms with Crippen LogP contribution in [0, 0.1) is 11.8 Å². The molecule has 0 radical (unpaired) electrons. The van der Waals surface area contributed by atoms with Crippen molar-refractivity contribution in [2.45, 2.75) is 25.3 Å². The molecule has 2 aromatic rings. The zero-order chi connectivity index (χ0) is 18.5. The summed E-state index contributed by atoms with van der Waals surface area (Å²) in [7, 11) is 0. The van der Waals surface area contributed by atoms with E-state index in [2.05, 4.69) is 4.98 Å². The number of ether oxygens (including phenoxy) is 2. The molecule has 1 aromatic carbocycles. The summed E-state index contributed by atoms with van der Waals surface area (Å²) in [5.74, 6) is 0.512. The molecule has 1 saturated carbocycles. The van der Waals surface area contributed by atoms with Gasteiger partial charge >= 0.3 is 5.97 Å². The molecule has 27 heavy (non-hydrogen) atoms. The maximum absolute atomic E-state index is 13.0. The molecule has 1 aromatic heterocycles. The monoisotopic (exact) mass is 386 g/mol. The van der Waals surface area contributed by atoms with Crippen LogP contribution in [0.3, 0.4) is 0 Å². The van der Waals surface area contributed by atoms with Crippen molar-refractivity contribution < 1.29 is 24.2 Å². The first kappa shape index (κ1) is 16.6. The molecule has 3 unspecified atom stereocenters. The smallest absolute Gasteiger partial charge is 0.326 e. The Morgan fingerprint density at radius 3 is 2.93 bits per heavy atom. The van der Waals surface area contributed by atoms with Crippen molar-refractivity contribution in [2.75, 3.05) is 13.3 Å². The number of carbonyl (C=O) groups is 2. The molecule has 1 amide bonds. The third-order valence-electron chi connectivity index (χ3n) is 5.75. The Labute approximate surface area is 159 Å². The second kappa shape index (κ2) is 6.23. The Morgan fingerprint density at radius 2 is 2.07 bits per heavy atom. The fourth-order valence-electron chi connectivity index (χ4n) is 4.51. The van der Waals surface area contributed by atoms with Gasteiger partial charge in [-0.25, -0.2) is 9.78 Å². The maximum Gasteiger partial charge on any atom is 0.326 e. The zero-order valence-corrected chi connectivity index (χ0v) is 15.3. The van der Waals surface area contributed by atoms with E-state index in [1.165, 1.54) is 16.2 Å². The highest BCUT2D eigenvalue weighted by Gasteiger charge is 2.49. The second-order valence-electron chi connectivity index (χ2n) is 7.20. The minimum atomic E-state index is -0.913. The van der Waals surface area contributed by atoms with Crippen LogP contribution in [0.15, 0.2) is 23.6 Å². The second-order valence-corrected chi connectivity index (χ2v) is 8.06. The van der Waals surface area contributed by atoms with Gasteiger partial charge in [-0.3, -0.25) is 4.79 Å². The van der Waals surface area contributed by atoms with Gasteiger partial charge in [0.05, 0.1) is 0 Å². The fraction of sp³-hybridized carbons (Fsp3) is 0.421. The molecule has 0 spiro atoms. The van der Waals surface area contributed by atoms with Crippen LogP contribution >= 0.6 is 11.3 Å². The number of aromatic nitrogens is 1. The lowest BCUT2D eigenvalue weighted by atomic mass is 9.94. The number of hydrogen-bond acceptors (Lipinski definition) is 6. The number of nitrogens with zero attached hydrogens (tertiary/aromatic N) is 2. The quantitative estimate of drug-likeness (QED) is 0.873. The molecule has 2 aliphatic heterocycles. The van der Waals surface area contributed by atoms with Crippen LogP contribution in [-0.4, -0.2) is 46.2 Å². The number of aliphatic carboxylic acids is 1. The number of benzene rings is 1. The van der Waals surface area contributed by atoms with Crippen molar-refractivity contribution in [2.24, 2.45) is 11.8 Å². The topological polar surface area (TPSA) is 89.0 Å². The van der Waals surface area contributed by atoms with E-state index in [4.69, 9.17) is 9.47 Å². The average molecular weight is 386 g/mol. The highest BCUT2D eigenvalue weighted by Crippen LogP contribution is 2.43. The standard InChI is InChI=1S/C19H18N2O5S/c22-18(21-7-11-2-1-3-12(11)16(21)19(23)24)13-8-27-17(20-13)10-4-5-14-15(6-10)26-9-25-14/h4-6,8,11-12,16H,1-3,7,9H2,(H,23,24). The lowest BCUT2D eigenvalue weighted by Gasteiger charge is -2.23. The summed E-state index contributed by atoms with van der Waals surface area (Å²) in [4.78, 5) is 30.8. The minimum Gasteiger partial charge on any atom is -0.480 e. The van der Waals surface area contributed by atoms with Gasteiger partial charge in [0.2, 0.25) is 6.79 Å². The van der Waals surface area contributed by atoms with Gasteiger partial charge in [0.25, 0.3) is 5.91 Å². The van der Waals surface area contributed by atoms with Crippen LogP contribution in [-0.2, 0) is 4.79 Å². The number of likely N-dealkylation sites (tertiary alicyclic amines) is 1. The van der Waals surface area contributed by atoms with Crippen molar-refractivity contribution in [1.29, 1.82) is 0 Å². The van der Waals surface area contributed by atoms with Gasteiger partial charge in [-0.2, -0.15) is 0 Å². The molecule has 3 heterocycles. The molecule has 0 bridgehead atoms. The van der Waals surface area contributed by atoms with Crippen LogP contribution in [0.2, 0.25) is 0 Å². The predicted molar refractivity (Wildman–Crippen MR) is 97.0 cm³/mol. The summed E-state index contributed by atoms with van der Waals surface area (Å²) in [6, 6.07) is 4.81. The Hall–Kier alpha value is -2.61. The first-order valence-corrected chi connectivity index (χ1v) is 9.89. The van der Waals surface area contributed by atoms with Crippen LogP contribution in [0.1, 0.15) is 29.8 Å². The third kappa shape index (κ3) is 2.66. The maximum atomic E-state index is 13.0. The van der Waals surface area contributed by atoms with E-state index < -0.39 is 12.0 Å². The number of hydrogen-bond donors (Lipinski definition) is 1. The van der Waals surface area contributed by atoms with Gasteiger partial charge in [0.15, 0.2) is 11.5 Å². The number of rotatable bonds is 3. The highest BCUT2D eigenvalue weighted by molar-refractivity contribution is 7.13. The summed E-state index contributed by atoms with van der Waals surface area (Å²) in [5, 5.41) is 12.1. The van der Waals surface area contributed by atoms with Crippen LogP contribution in [0.5, 0.6) is 11.5 Å². The Kier molecular flexibility index (Phi) is 3.82. The Balaban J connectivity index is 1.41. The van der Waals surface area contributed by atoms with Gasteiger partial charge in [-0.05, 0) is 42.9 Å². The number of thiazole rings is 1. The lowest BCUT2D eigenvalue weighted by molar-refractivity contribution is -0.142. The zero-order valence-electron chi connectivity index (χ0n) is 14.5. The molecule has 2 fully saturated rings.